The molecule has 0 atom stereocenters. The molecule has 2 amide bonds. The number of nitrogens with zero attached hydrogens (tertiary/aromatic N) is 2. The van der Waals surface area contributed by atoms with E-state index in [1.165, 1.54) is 8.42 Å². The van der Waals surface area contributed by atoms with Crippen LogP contribution in [-0.2, 0) is 9.59 Å². The molecule has 8 heteroatoms. The minimum absolute atomic E-state index is 0.00194. The van der Waals surface area contributed by atoms with Gasteiger partial charge in [0.2, 0.25) is 0 Å². The van der Waals surface area contributed by atoms with Crippen LogP contribution in [0.15, 0.2) is 43.8 Å². The Kier molecular flexibility index (Phi) is 11.1. The molecule has 4 heterocycles. The maximum atomic E-state index is 14.2. The maximum absolute atomic E-state index is 14.2. The Morgan fingerprint density at radius 3 is 1.39 bits per heavy atom. The van der Waals surface area contributed by atoms with Crippen LogP contribution in [0.25, 0.3) is 11.4 Å². The molecule has 206 valence electrons. The van der Waals surface area contributed by atoms with E-state index in [2.05, 4.69) is 52.0 Å². The van der Waals surface area contributed by atoms with Gasteiger partial charge in [-0.15, -0.1) is 46.2 Å². The minimum Gasteiger partial charge on any atom is -0.306 e. The third kappa shape index (κ3) is 6.29. The standard InChI is InChI=1S/C30H40N2O2S4/c1-5-9-11-13-19-31-27(21-15-17-23(37-21)35-7-3)25-26(29(31)33)28(22-16-18-24(38-22)36-8-4)32(30(25)34)20-14-12-10-6-2/h15-18H,5-14,19-20H2,1-4H3. The zero-order chi connectivity index (χ0) is 27.1. The maximum Gasteiger partial charge on any atom is 0.261 e. The molecule has 0 fully saturated rings. The average Bonchev–Trinajstić information content (AvgIpc) is 3.67. The Morgan fingerprint density at radius 1 is 0.605 bits per heavy atom. The number of thiophene rings is 2. The molecule has 0 unspecified atom stereocenters. The van der Waals surface area contributed by atoms with Gasteiger partial charge in [-0.2, -0.15) is 0 Å². The van der Waals surface area contributed by atoms with Crippen LogP contribution in [0.3, 0.4) is 0 Å². The molecule has 0 spiro atoms. The van der Waals surface area contributed by atoms with E-state index in [0.29, 0.717) is 24.2 Å². The van der Waals surface area contributed by atoms with Crippen LogP contribution < -0.4 is 0 Å². The molecule has 0 aromatic carbocycles. The number of fused-ring (bicyclic) bond motifs is 1. The van der Waals surface area contributed by atoms with Crippen molar-refractivity contribution in [3.05, 3.63) is 45.2 Å². The summed E-state index contributed by atoms with van der Waals surface area (Å²) >= 11 is 7.04. The van der Waals surface area contributed by atoms with Gasteiger partial charge in [-0.05, 0) is 48.6 Å². The molecule has 0 radical (unpaired) electrons. The SMILES string of the molecule is CCCCCCN1C(=O)C2=C(c3ccc(SCC)s3)N(CCCCCC)C(=O)C2=C1c1ccc(SCC)s1. The summed E-state index contributed by atoms with van der Waals surface area (Å²) in [7, 11) is 0. The van der Waals surface area contributed by atoms with Crippen molar-refractivity contribution in [2.75, 3.05) is 24.6 Å². The van der Waals surface area contributed by atoms with Gasteiger partial charge in [-0.3, -0.25) is 9.59 Å². The Bertz CT molecular complexity index is 1100. The summed E-state index contributed by atoms with van der Waals surface area (Å²) < 4.78 is 2.46. The normalized spacial score (nSPS) is 15.6. The number of amides is 2. The topological polar surface area (TPSA) is 40.6 Å². The fourth-order valence-corrected chi connectivity index (χ4v) is 9.27. The van der Waals surface area contributed by atoms with Crippen LogP contribution in [0.5, 0.6) is 0 Å². The van der Waals surface area contributed by atoms with E-state index in [1.54, 1.807) is 22.7 Å². The van der Waals surface area contributed by atoms with E-state index in [9.17, 15) is 9.59 Å². The molecule has 2 aliphatic heterocycles. The second-order valence-electron chi connectivity index (χ2n) is 9.59. The van der Waals surface area contributed by atoms with Crippen LogP contribution in [0.2, 0.25) is 0 Å². The second-order valence-corrected chi connectivity index (χ2v) is 14.9. The smallest absolute Gasteiger partial charge is 0.261 e. The summed E-state index contributed by atoms with van der Waals surface area (Å²) in [6.07, 6.45) is 8.72. The summed E-state index contributed by atoms with van der Waals surface area (Å²) in [6, 6.07) is 8.50. The summed E-state index contributed by atoms with van der Waals surface area (Å²) in [5.41, 5.74) is 2.94. The van der Waals surface area contributed by atoms with Crippen molar-refractivity contribution in [3.63, 3.8) is 0 Å². The van der Waals surface area contributed by atoms with E-state index in [4.69, 9.17) is 0 Å². The Labute approximate surface area is 244 Å². The van der Waals surface area contributed by atoms with Gasteiger partial charge in [0.25, 0.3) is 11.8 Å². The predicted octanol–water partition coefficient (Wildman–Crippen LogP) is 9.00. The first-order chi connectivity index (χ1) is 18.5. The zero-order valence-electron chi connectivity index (χ0n) is 23.1. The van der Waals surface area contributed by atoms with Crippen LogP contribution in [0.4, 0.5) is 0 Å². The number of hydrogen-bond donors (Lipinski definition) is 0. The molecule has 2 aliphatic rings. The molecule has 0 aliphatic carbocycles. The van der Waals surface area contributed by atoms with Crippen LogP contribution in [0.1, 0.15) is 88.8 Å². The van der Waals surface area contributed by atoms with Gasteiger partial charge in [0, 0.05) is 13.1 Å². The highest BCUT2D eigenvalue weighted by atomic mass is 32.2. The van der Waals surface area contributed by atoms with Crippen molar-refractivity contribution < 1.29 is 9.59 Å². The van der Waals surface area contributed by atoms with E-state index in [0.717, 1.165) is 84.0 Å². The van der Waals surface area contributed by atoms with Crippen molar-refractivity contribution in [3.8, 4) is 0 Å². The molecular formula is C30H40N2O2S4. The molecule has 0 N–H and O–H groups in total. The molecule has 4 nitrogen and oxygen atoms in total. The highest BCUT2D eigenvalue weighted by molar-refractivity contribution is 8.01. The van der Waals surface area contributed by atoms with Crippen LogP contribution in [0, 0.1) is 0 Å². The number of thioether (sulfide) groups is 2. The summed E-state index contributed by atoms with van der Waals surface area (Å²) in [4.78, 5) is 34.3. The van der Waals surface area contributed by atoms with Crippen molar-refractivity contribution in [2.45, 2.75) is 87.5 Å². The Balaban J connectivity index is 1.81. The lowest BCUT2D eigenvalue weighted by Gasteiger charge is -2.24. The quantitative estimate of drug-likeness (QED) is 0.145. The number of carbonyl (C=O) groups is 2. The molecule has 2 aromatic rings. The van der Waals surface area contributed by atoms with Crippen molar-refractivity contribution in [2.24, 2.45) is 0 Å². The van der Waals surface area contributed by atoms with Gasteiger partial charge in [0.05, 0.1) is 40.7 Å². The van der Waals surface area contributed by atoms with E-state index < -0.39 is 0 Å². The highest BCUT2D eigenvalue weighted by Gasteiger charge is 2.49. The molecule has 38 heavy (non-hydrogen) atoms. The number of unbranched alkanes of at least 4 members (excludes halogenated alkanes) is 6. The van der Waals surface area contributed by atoms with E-state index >= 15 is 0 Å². The van der Waals surface area contributed by atoms with Crippen LogP contribution in [-0.4, -0.2) is 46.2 Å². The van der Waals surface area contributed by atoms with Crippen molar-refractivity contribution >= 4 is 69.4 Å². The highest BCUT2D eigenvalue weighted by Crippen LogP contribution is 2.49. The first kappa shape index (κ1) is 29.5. The third-order valence-corrected chi connectivity index (χ3v) is 11.3. The summed E-state index contributed by atoms with van der Waals surface area (Å²) in [5.74, 6) is 2.01. The minimum atomic E-state index is 0.00194. The molecular weight excluding hydrogens is 549 g/mol. The molecule has 0 saturated carbocycles. The van der Waals surface area contributed by atoms with Crippen LogP contribution >= 0.6 is 46.2 Å². The first-order valence-corrected chi connectivity index (χ1v) is 17.7. The van der Waals surface area contributed by atoms with E-state index in [1.807, 2.05) is 33.3 Å². The summed E-state index contributed by atoms with van der Waals surface area (Å²) in [6.45, 7) is 10.0. The largest absolute Gasteiger partial charge is 0.306 e. The van der Waals surface area contributed by atoms with Gasteiger partial charge in [-0.25, -0.2) is 0 Å². The third-order valence-electron chi connectivity index (χ3n) is 6.85. The fourth-order valence-electron chi connectivity index (χ4n) is 5.06. The average molecular weight is 589 g/mol. The summed E-state index contributed by atoms with van der Waals surface area (Å²) in [5, 5.41) is 0. The lowest BCUT2D eigenvalue weighted by Crippen LogP contribution is -2.30. The Hall–Kier alpha value is -1.48. The lowest BCUT2D eigenvalue weighted by molar-refractivity contribution is -0.124. The monoisotopic (exact) mass is 588 g/mol. The zero-order valence-corrected chi connectivity index (χ0v) is 26.4. The van der Waals surface area contributed by atoms with Crippen molar-refractivity contribution in [1.29, 1.82) is 0 Å². The van der Waals surface area contributed by atoms with Gasteiger partial charge >= 0.3 is 0 Å². The second kappa shape index (κ2) is 14.2. The lowest BCUT2D eigenvalue weighted by atomic mass is 10.1. The molecule has 0 saturated heterocycles. The number of rotatable bonds is 16. The Morgan fingerprint density at radius 2 is 1.03 bits per heavy atom. The van der Waals surface area contributed by atoms with Gasteiger partial charge in [0.15, 0.2) is 0 Å². The first-order valence-electron chi connectivity index (χ1n) is 14.1. The molecule has 0 bridgehead atoms. The van der Waals surface area contributed by atoms with Gasteiger partial charge < -0.3 is 9.80 Å². The fraction of sp³-hybridized carbons (Fsp3) is 0.533. The number of carbonyl (C=O) groups excluding carboxylic acids is 2. The van der Waals surface area contributed by atoms with Crippen molar-refractivity contribution in [1.82, 2.24) is 9.80 Å². The molecule has 2 aromatic heterocycles. The predicted molar refractivity (Wildman–Crippen MR) is 167 cm³/mol. The molecule has 4 rings (SSSR count). The van der Waals surface area contributed by atoms with Gasteiger partial charge in [-0.1, -0.05) is 66.2 Å². The van der Waals surface area contributed by atoms with Gasteiger partial charge in [0.1, 0.15) is 0 Å². The van der Waals surface area contributed by atoms with E-state index in [-0.39, 0.29) is 11.8 Å². The number of hydrogen-bond acceptors (Lipinski definition) is 6.